The predicted octanol–water partition coefficient (Wildman–Crippen LogP) is 7.23. The zero-order valence-corrected chi connectivity index (χ0v) is 23.0. The van der Waals surface area contributed by atoms with Crippen LogP contribution in [0.15, 0.2) is 59.3 Å². The van der Waals surface area contributed by atoms with Gasteiger partial charge in [0.1, 0.15) is 11.6 Å². The van der Waals surface area contributed by atoms with Gasteiger partial charge in [-0.3, -0.25) is 4.79 Å². The fourth-order valence-electron chi connectivity index (χ4n) is 5.56. The molecule has 0 aliphatic carbocycles. The van der Waals surface area contributed by atoms with Crippen molar-refractivity contribution in [2.75, 3.05) is 39.3 Å². The second kappa shape index (κ2) is 12.2. The maximum absolute atomic E-state index is 13.3. The summed E-state index contributed by atoms with van der Waals surface area (Å²) in [7, 11) is 0. The predicted molar refractivity (Wildman–Crippen MR) is 149 cm³/mol. The Morgan fingerprint density at radius 1 is 1.03 bits per heavy atom. The van der Waals surface area contributed by atoms with Crippen molar-refractivity contribution in [3.63, 3.8) is 0 Å². The number of piperidine rings is 1. The summed E-state index contributed by atoms with van der Waals surface area (Å²) in [4.78, 5) is 17.9. The van der Waals surface area contributed by atoms with Crippen molar-refractivity contribution in [3.05, 3.63) is 86.3 Å². The molecule has 196 valence electrons. The van der Waals surface area contributed by atoms with Gasteiger partial charge in [-0.15, -0.1) is 0 Å². The number of halogens is 3. The van der Waals surface area contributed by atoms with Gasteiger partial charge in [0.25, 0.3) is 5.91 Å². The maximum Gasteiger partial charge on any atom is 0.253 e. The minimum atomic E-state index is -0.245. The lowest BCUT2D eigenvalue weighted by atomic mass is 9.88. The third-order valence-electron chi connectivity index (χ3n) is 7.67. The molecule has 2 saturated heterocycles. The highest BCUT2D eigenvalue weighted by molar-refractivity contribution is 7.08. The normalized spacial score (nSPS) is 20.9. The van der Waals surface area contributed by atoms with Crippen LogP contribution < -0.4 is 4.74 Å². The van der Waals surface area contributed by atoms with E-state index < -0.39 is 0 Å². The van der Waals surface area contributed by atoms with Crippen molar-refractivity contribution >= 4 is 40.4 Å². The zero-order chi connectivity index (χ0) is 25.8. The number of benzene rings is 2. The Morgan fingerprint density at radius 3 is 2.51 bits per heavy atom. The van der Waals surface area contributed by atoms with Crippen LogP contribution in [0.3, 0.4) is 0 Å². The number of ether oxygens (including phenoxy) is 1. The molecule has 37 heavy (non-hydrogen) atoms. The fraction of sp³-hybridized carbons (Fsp3) is 0.414. The number of carbonyl (C=O) groups excluding carboxylic acids is 1. The number of hydrogen-bond acceptors (Lipinski definition) is 4. The topological polar surface area (TPSA) is 32.8 Å². The van der Waals surface area contributed by atoms with Gasteiger partial charge in [0.05, 0.1) is 16.7 Å². The molecule has 8 heteroatoms. The van der Waals surface area contributed by atoms with E-state index in [1.165, 1.54) is 17.7 Å². The quantitative estimate of drug-likeness (QED) is 0.291. The lowest BCUT2D eigenvalue weighted by molar-refractivity contribution is 0.0780. The summed E-state index contributed by atoms with van der Waals surface area (Å²) in [6.07, 6.45) is 3.31. The van der Waals surface area contributed by atoms with Gasteiger partial charge in [0.2, 0.25) is 0 Å². The molecule has 0 spiro atoms. The first-order valence-electron chi connectivity index (χ1n) is 12.8. The van der Waals surface area contributed by atoms with Gasteiger partial charge >= 0.3 is 0 Å². The lowest BCUT2D eigenvalue weighted by Gasteiger charge is -2.34. The van der Waals surface area contributed by atoms with Gasteiger partial charge in [-0.25, -0.2) is 4.39 Å². The first-order valence-corrected chi connectivity index (χ1v) is 14.5. The van der Waals surface area contributed by atoms with Crippen molar-refractivity contribution in [2.45, 2.75) is 25.2 Å². The Bertz CT molecular complexity index is 1180. The number of hydrogen-bond donors (Lipinski definition) is 0. The summed E-state index contributed by atoms with van der Waals surface area (Å²) in [5.41, 5.74) is 1.91. The molecule has 0 N–H and O–H groups in total. The third-order valence-corrected chi connectivity index (χ3v) is 9.11. The minimum absolute atomic E-state index is 0.0150. The van der Waals surface area contributed by atoms with Crippen LogP contribution >= 0.6 is 34.5 Å². The van der Waals surface area contributed by atoms with Gasteiger partial charge in [0.15, 0.2) is 0 Å². The largest absolute Gasteiger partial charge is 0.494 e. The van der Waals surface area contributed by atoms with E-state index in [4.69, 9.17) is 27.9 Å². The molecule has 0 bridgehead atoms. The van der Waals surface area contributed by atoms with E-state index >= 15 is 0 Å². The molecule has 3 aromatic rings. The van der Waals surface area contributed by atoms with Crippen molar-refractivity contribution < 1.29 is 13.9 Å². The van der Waals surface area contributed by atoms with Gasteiger partial charge in [-0.05, 0) is 109 Å². The van der Waals surface area contributed by atoms with Crippen LogP contribution in [0.5, 0.6) is 5.75 Å². The summed E-state index contributed by atoms with van der Waals surface area (Å²) >= 11 is 14.0. The highest BCUT2D eigenvalue weighted by atomic mass is 35.5. The van der Waals surface area contributed by atoms with Crippen molar-refractivity contribution in [1.29, 1.82) is 0 Å². The fourth-order valence-corrected chi connectivity index (χ4v) is 6.58. The standard InChI is InChI=1S/C29H31Cl2FN2O2S/c30-27-6-1-21(15-28(27)31)29(35)34-17-23(26(18-34)22-10-14-37-19-22)16-33-11-7-20(8-12-33)9-13-36-25-4-2-24(32)3-5-25/h1-6,10,14-15,19-20,23,26H,7-9,11-13,16-18H2. The molecule has 2 atom stereocenters. The molecule has 3 heterocycles. The van der Waals surface area contributed by atoms with E-state index in [2.05, 4.69) is 21.7 Å². The van der Waals surface area contributed by atoms with Crippen molar-refractivity contribution in [2.24, 2.45) is 11.8 Å². The Morgan fingerprint density at radius 2 is 1.81 bits per heavy atom. The summed E-state index contributed by atoms with van der Waals surface area (Å²) < 4.78 is 18.9. The molecule has 2 aliphatic heterocycles. The molecular formula is C29H31Cl2FN2O2S. The Hall–Kier alpha value is -2.12. The SMILES string of the molecule is O=C(c1ccc(Cl)c(Cl)c1)N1CC(CN2CCC(CCOc3ccc(F)cc3)CC2)C(c2ccsc2)C1. The van der Waals surface area contributed by atoms with E-state index in [1.54, 1.807) is 41.7 Å². The average molecular weight is 562 g/mol. The Balaban J connectivity index is 1.15. The molecule has 0 radical (unpaired) electrons. The smallest absolute Gasteiger partial charge is 0.253 e. The van der Waals surface area contributed by atoms with Gasteiger partial charge < -0.3 is 14.5 Å². The molecule has 2 fully saturated rings. The van der Waals surface area contributed by atoms with Crippen LogP contribution in [0.1, 0.15) is 41.1 Å². The van der Waals surface area contributed by atoms with Crippen LogP contribution in [0.4, 0.5) is 4.39 Å². The Kier molecular flexibility index (Phi) is 8.71. The molecule has 2 unspecified atom stereocenters. The molecular weight excluding hydrogens is 530 g/mol. The number of thiophene rings is 1. The average Bonchev–Trinajstić information content (AvgIpc) is 3.58. The minimum Gasteiger partial charge on any atom is -0.494 e. The van der Waals surface area contributed by atoms with Crippen molar-refractivity contribution in [1.82, 2.24) is 9.80 Å². The van der Waals surface area contributed by atoms with E-state index in [1.807, 2.05) is 4.90 Å². The number of likely N-dealkylation sites (tertiary alicyclic amines) is 2. The van der Waals surface area contributed by atoms with E-state index in [-0.39, 0.29) is 11.7 Å². The summed E-state index contributed by atoms with van der Waals surface area (Å²) in [6, 6.07) is 13.5. The molecule has 0 saturated carbocycles. The van der Waals surface area contributed by atoms with Crippen LogP contribution in [0.2, 0.25) is 10.0 Å². The highest BCUT2D eigenvalue weighted by Gasteiger charge is 2.38. The van der Waals surface area contributed by atoms with Gasteiger partial charge in [0, 0.05) is 31.1 Å². The first kappa shape index (κ1) is 26.5. The van der Waals surface area contributed by atoms with E-state index in [9.17, 15) is 9.18 Å². The monoisotopic (exact) mass is 560 g/mol. The summed E-state index contributed by atoms with van der Waals surface area (Å²) in [5.74, 6) is 1.85. The molecule has 1 aromatic heterocycles. The molecule has 4 nitrogen and oxygen atoms in total. The van der Waals surface area contributed by atoms with Crippen molar-refractivity contribution in [3.8, 4) is 5.75 Å². The molecule has 1 amide bonds. The van der Waals surface area contributed by atoms with E-state index in [0.29, 0.717) is 40.0 Å². The molecule has 2 aliphatic rings. The highest BCUT2D eigenvalue weighted by Crippen LogP contribution is 2.36. The summed E-state index contributed by atoms with van der Waals surface area (Å²) in [6.45, 7) is 5.24. The zero-order valence-electron chi connectivity index (χ0n) is 20.6. The second-order valence-corrected chi connectivity index (χ2v) is 11.7. The number of amides is 1. The Labute approximate surface area is 231 Å². The van der Waals surface area contributed by atoms with Gasteiger partial charge in [-0.2, -0.15) is 11.3 Å². The van der Waals surface area contributed by atoms with Crippen LogP contribution in [-0.4, -0.2) is 55.0 Å². The van der Waals surface area contributed by atoms with Crippen LogP contribution in [-0.2, 0) is 0 Å². The maximum atomic E-state index is 13.3. The number of carbonyl (C=O) groups is 1. The molecule has 2 aromatic carbocycles. The summed E-state index contributed by atoms with van der Waals surface area (Å²) in [5, 5.41) is 5.20. The number of nitrogens with zero attached hydrogens (tertiary/aromatic N) is 2. The van der Waals surface area contributed by atoms with Crippen LogP contribution in [0, 0.1) is 17.7 Å². The van der Waals surface area contributed by atoms with E-state index in [0.717, 1.165) is 57.7 Å². The van der Waals surface area contributed by atoms with Crippen LogP contribution in [0.25, 0.3) is 0 Å². The number of rotatable bonds is 8. The van der Waals surface area contributed by atoms with Gasteiger partial charge in [-0.1, -0.05) is 23.2 Å². The lowest BCUT2D eigenvalue weighted by Crippen LogP contribution is -2.39. The second-order valence-electron chi connectivity index (χ2n) is 10.1. The third kappa shape index (κ3) is 6.66. The first-order chi connectivity index (χ1) is 18.0. The molecule has 5 rings (SSSR count).